The number of nitrogens with zero attached hydrogens (tertiary/aromatic N) is 1. The van der Waals surface area contributed by atoms with E-state index in [1.165, 1.54) is 38.8 Å². The van der Waals surface area contributed by atoms with E-state index >= 15 is 0 Å². The molecule has 15 heavy (non-hydrogen) atoms. The summed E-state index contributed by atoms with van der Waals surface area (Å²) in [5, 5.41) is 0. The lowest BCUT2D eigenvalue weighted by atomic mass is 9.97. The molecule has 0 aromatic heterocycles. The highest BCUT2D eigenvalue weighted by molar-refractivity contribution is 4.75. The van der Waals surface area contributed by atoms with E-state index in [1.54, 1.807) is 0 Å². The predicted octanol–water partition coefficient (Wildman–Crippen LogP) is 2.53. The van der Waals surface area contributed by atoms with Crippen molar-refractivity contribution < 1.29 is 4.74 Å². The van der Waals surface area contributed by atoms with Crippen molar-refractivity contribution in [1.29, 1.82) is 0 Å². The molecule has 2 rings (SSSR count). The van der Waals surface area contributed by atoms with Crippen molar-refractivity contribution in [3.05, 3.63) is 0 Å². The monoisotopic (exact) mass is 211 g/mol. The number of piperidine rings is 1. The Hall–Kier alpha value is -0.0800. The Kier molecular flexibility index (Phi) is 4.04. The van der Waals surface area contributed by atoms with Gasteiger partial charge < -0.3 is 9.64 Å². The summed E-state index contributed by atoms with van der Waals surface area (Å²) in [5.41, 5.74) is 0. The Morgan fingerprint density at radius 2 is 1.53 bits per heavy atom. The van der Waals surface area contributed by atoms with Crippen LogP contribution in [0.5, 0.6) is 0 Å². The van der Waals surface area contributed by atoms with Gasteiger partial charge in [-0.05, 0) is 64.5 Å². The molecule has 0 amide bonds. The molecule has 1 saturated heterocycles. The van der Waals surface area contributed by atoms with Crippen LogP contribution in [0.4, 0.5) is 0 Å². The van der Waals surface area contributed by atoms with Crippen LogP contribution in [0.1, 0.15) is 39.5 Å². The summed E-state index contributed by atoms with van der Waals surface area (Å²) in [6, 6.07) is 0.721. The van der Waals surface area contributed by atoms with E-state index in [0.29, 0.717) is 0 Å². The second-order valence-corrected chi connectivity index (χ2v) is 5.55. The zero-order valence-corrected chi connectivity index (χ0v) is 10.2. The molecule has 1 heterocycles. The maximum atomic E-state index is 5.77. The number of rotatable bonds is 5. The van der Waals surface area contributed by atoms with E-state index in [4.69, 9.17) is 4.74 Å². The van der Waals surface area contributed by atoms with Gasteiger partial charge in [0.15, 0.2) is 0 Å². The first-order valence-electron chi connectivity index (χ1n) is 6.57. The Labute approximate surface area is 94.0 Å². The van der Waals surface area contributed by atoms with Gasteiger partial charge in [-0.2, -0.15) is 0 Å². The van der Waals surface area contributed by atoms with Crippen molar-refractivity contribution >= 4 is 0 Å². The van der Waals surface area contributed by atoms with Crippen LogP contribution in [0.25, 0.3) is 0 Å². The van der Waals surface area contributed by atoms with Gasteiger partial charge in [0.25, 0.3) is 0 Å². The molecule has 1 aliphatic carbocycles. The minimum absolute atomic E-state index is 0.721. The van der Waals surface area contributed by atoms with Crippen LogP contribution in [-0.2, 0) is 4.74 Å². The van der Waals surface area contributed by atoms with Crippen LogP contribution >= 0.6 is 0 Å². The summed E-state index contributed by atoms with van der Waals surface area (Å²) in [7, 11) is 0. The highest BCUT2D eigenvalue weighted by atomic mass is 16.5. The molecule has 0 spiro atoms. The molecule has 2 nitrogen and oxygen atoms in total. The van der Waals surface area contributed by atoms with Crippen LogP contribution in [0.15, 0.2) is 0 Å². The second kappa shape index (κ2) is 5.31. The largest absolute Gasteiger partial charge is 0.381 e. The van der Waals surface area contributed by atoms with E-state index in [1.807, 2.05) is 0 Å². The number of hydrogen-bond donors (Lipinski definition) is 0. The quantitative estimate of drug-likeness (QED) is 0.693. The van der Waals surface area contributed by atoms with Gasteiger partial charge in [0.1, 0.15) is 0 Å². The lowest BCUT2D eigenvalue weighted by Crippen LogP contribution is -2.39. The van der Waals surface area contributed by atoms with Crippen molar-refractivity contribution in [3.8, 4) is 0 Å². The van der Waals surface area contributed by atoms with E-state index in [0.717, 1.165) is 31.1 Å². The molecule has 0 aromatic carbocycles. The molecule has 0 bridgehead atoms. The Bertz CT molecular complexity index is 178. The fourth-order valence-corrected chi connectivity index (χ4v) is 2.32. The first kappa shape index (κ1) is 11.4. The summed E-state index contributed by atoms with van der Waals surface area (Å²) in [4.78, 5) is 2.58. The molecule has 88 valence electrons. The van der Waals surface area contributed by atoms with E-state index in [-0.39, 0.29) is 0 Å². The van der Waals surface area contributed by atoms with Gasteiger partial charge in [-0.25, -0.2) is 0 Å². The van der Waals surface area contributed by atoms with Gasteiger partial charge in [0, 0.05) is 19.3 Å². The van der Waals surface area contributed by atoms with Gasteiger partial charge in [0.05, 0.1) is 0 Å². The SMILES string of the molecule is CC(C)N1CCC(COCC2CC2)CC1. The van der Waals surface area contributed by atoms with Crippen molar-refractivity contribution in [3.63, 3.8) is 0 Å². The average Bonchev–Trinajstić information content (AvgIpc) is 3.02. The minimum Gasteiger partial charge on any atom is -0.381 e. The third-order valence-electron chi connectivity index (χ3n) is 3.78. The van der Waals surface area contributed by atoms with E-state index < -0.39 is 0 Å². The smallest absolute Gasteiger partial charge is 0.0495 e. The molecule has 0 atom stereocenters. The van der Waals surface area contributed by atoms with E-state index in [9.17, 15) is 0 Å². The molecule has 2 fully saturated rings. The first-order chi connectivity index (χ1) is 7.25. The number of likely N-dealkylation sites (tertiary alicyclic amines) is 1. The molecule has 2 aliphatic rings. The van der Waals surface area contributed by atoms with Crippen molar-refractivity contribution in [2.24, 2.45) is 11.8 Å². The lowest BCUT2D eigenvalue weighted by molar-refractivity contribution is 0.0548. The summed E-state index contributed by atoms with van der Waals surface area (Å²) < 4.78 is 5.77. The third-order valence-corrected chi connectivity index (χ3v) is 3.78. The lowest BCUT2D eigenvalue weighted by Gasteiger charge is -2.34. The standard InChI is InChI=1S/C13H25NO/c1-11(2)14-7-5-13(6-8-14)10-15-9-12-3-4-12/h11-13H,3-10H2,1-2H3. The van der Waals surface area contributed by atoms with Crippen LogP contribution in [-0.4, -0.2) is 37.2 Å². The fraction of sp³-hybridized carbons (Fsp3) is 1.00. The fourth-order valence-electron chi connectivity index (χ4n) is 2.32. The van der Waals surface area contributed by atoms with Gasteiger partial charge in [-0.3, -0.25) is 0 Å². The Morgan fingerprint density at radius 1 is 1.00 bits per heavy atom. The highest BCUT2D eigenvalue weighted by Gasteiger charge is 2.24. The van der Waals surface area contributed by atoms with Crippen molar-refractivity contribution in [2.45, 2.75) is 45.6 Å². The van der Waals surface area contributed by atoms with Crippen LogP contribution < -0.4 is 0 Å². The van der Waals surface area contributed by atoms with Gasteiger partial charge in [0.2, 0.25) is 0 Å². The molecule has 0 aromatic rings. The first-order valence-corrected chi connectivity index (χ1v) is 6.57. The number of hydrogen-bond acceptors (Lipinski definition) is 2. The normalized spacial score (nSPS) is 25.0. The molecule has 0 N–H and O–H groups in total. The molecular weight excluding hydrogens is 186 g/mol. The van der Waals surface area contributed by atoms with Crippen molar-refractivity contribution in [1.82, 2.24) is 4.90 Å². The molecule has 0 radical (unpaired) electrons. The van der Waals surface area contributed by atoms with Gasteiger partial charge >= 0.3 is 0 Å². The van der Waals surface area contributed by atoms with E-state index in [2.05, 4.69) is 18.7 Å². The summed E-state index contributed by atoms with van der Waals surface area (Å²) in [6.07, 6.45) is 5.49. The zero-order chi connectivity index (χ0) is 10.7. The van der Waals surface area contributed by atoms with Crippen molar-refractivity contribution in [2.75, 3.05) is 26.3 Å². The molecule has 1 aliphatic heterocycles. The minimum atomic E-state index is 0.721. The van der Waals surface area contributed by atoms with Crippen LogP contribution in [0.2, 0.25) is 0 Å². The molecule has 0 unspecified atom stereocenters. The second-order valence-electron chi connectivity index (χ2n) is 5.55. The Morgan fingerprint density at radius 3 is 2.00 bits per heavy atom. The van der Waals surface area contributed by atoms with Gasteiger partial charge in [-0.15, -0.1) is 0 Å². The summed E-state index contributed by atoms with van der Waals surface area (Å²) in [5.74, 6) is 1.75. The molecule has 2 heteroatoms. The molecular formula is C13H25NO. The maximum absolute atomic E-state index is 5.77. The number of ether oxygens (including phenoxy) is 1. The van der Waals surface area contributed by atoms with Gasteiger partial charge in [-0.1, -0.05) is 0 Å². The summed E-state index contributed by atoms with van der Waals surface area (Å²) in [6.45, 7) is 9.19. The average molecular weight is 211 g/mol. The maximum Gasteiger partial charge on any atom is 0.0495 e. The third kappa shape index (κ3) is 3.76. The predicted molar refractivity (Wildman–Crippen MR) is 63.0 cm³/mol. The Balaban J connectivity index is 1.56. The summed E-state index contributed by atoms with van der Waals surface area (Å²) >= 11 is 0. The zero-order valence-electron chi connectivity index (χ0n) is 10.2. The van der Waals surface area contributed by atoms with Crippen LogP contribution in [0, 0.1) is 11.8 Å². The van der Waals surface area contributed by atoms with Crippen LogP contribution in [0.3, 0.4) is 0 Å². The molecule has 1 saturated carbocycles. The highest BCUT2D eigenvalue weighted by Crippen LogP contribution is 2.29. The topological polar surface area (TPSA) is 12.5 Å².